The summed E-state index contributed by atoms with van der Waals surface area (Å²) in [7, 11) is 0. The summed E-state index contributed by atoms with van der Waals surface area (Å²) in [6.45, 7) is -0.872. The van der Waals surface area contributed by atoms with Crippen molar-refractivity contribution in [1.82, 2.24) is 10.3 Å². The minimum absolute atomic E-state index is 0.228. The van der Waals surface area contributed by atoms with Gasteiger partial charge in [-0.15, -0.1) is 11.3 Å². The molecule has 1 amide bonds. The molecule has 0 saturated heterocycles. The summed E-state index contributed by atoms with van der Waals surface area (Å²) in [4.78, 5) is 15.7. The highest BCUT2D eigenvalue weighted by molar-refractivity contribution is 7.16. The van der Waals surface area contributed by atoms with Crippen LogP contribution in [0.15, 0.2) is 23.7 Å². The van der Waals surface area contributed by atoms with E-state index in [1.165, 1.54) is 17.4 Å². The van der Waals surface area contributed by atoms with Crippen molar-refractivity contribution in [2.24, 2.45) is 0 Å². The van der Waals surface area contributed by atoms with Gasteiger partial charge in [0, 0.05) is 5.56 Å². The lowest BCUT2D eigenvalue weighted by molar-refractivity contribution is -0.201. The molecule has 102 valence electrons. The van der Waals surface area contributed by atoms with E-state index in [1.807, 2.05) is 5.32 Å². The lowest BCUT2D eigenvalue weighted by atomic mass is 10.2. The van der Waals surface area contributed by atoms with E-state index in [-0.39, 0.29) is 5.56 Å². The van der Waals surface area contributed by atoms with Crippen LogP contribution >= 0.6 is 11.3 Å². The molecule has 8 heteroatoms. The number of carbonyl (C=O) groups excluding carboxylic acids is 1. The molecule has 19 heavy (non-hydrogen) atoms. The maximum Gasteiger partial charge on any atom is 0.416 e. The van der Waals surface area contributed by atoms with Gasteiger partial charge in [-0.05, 0) is 18.2 Å². The van der Waals surface area contributed by atoms with Crippen LogP contribution in [-0.2, 0) is 0 Å². The van der Waals surface area contributed by atoms with Crippen LogP contribution in [0.2, 0.25) is 0 Å². The van der Waals surface area contributed by atoms with Gasteiger partial charge in [-0.2, -0.15) is 13.2 Å². The van der Waals surface area contributed by atoms with Gasteiger partial charge in [0.2, 0.25) is 0 Å². The Morgan fingerprint density at radius 3 is 2.89 bits per heavy atom. The molecule has 2 rings (SSSR count). The number of aliphatic hydroxyl groups excluding tert-OH is 1. The van der Waals surface area contributed by atoms with Crippen LogP contribution in [0.25, 0.3) is 10.2 Å². The van der Waals surface area contributed by atoms with Crippen molar-refractivity contribution >= 4 is 27.5 Å². The number of hydrogen-bond donors (Lipinski definition) is 2. The van der Waals surface area contributed by atoms with Crippen LogP contribution in [0.3, 0.4) is 0 Å². The van der Waals surface area contributed by atoms with Gasteiger partial charge in [-0.3, -0.25) is 4.79 Å². The molecular formula is C11H9F3N2O2S. The molecule has 0 spiro atoms. The lowest BCUT2D eigenvalue weighted by Gasteiger charge is -2.14. The molecule has 0 bridgehead atoms. The van der Waals surface area contributed by atoms with E-state index >= 15 is 0 Å². The summed E-state index contributed by atoms with van der Waals surface area (Å²) >= 11 is 1.33. The number of carbonyl (C=O) groups is 1. The predicted molar refractivity (Wildman–Crippen MR) is 64.0 cm³/mol. The van der Waals surface area contributed by atoms with E-state index in [2.05, 4.69) is 4.98 Å². The predicted octanol–water partition coefficient (Wildman–Crippen LogP) is 1.95. The molecule has 0 radical (unpaired) electrons. The molecule has 1 aromatic heterocycles. The second-order valence-corrected chi connectivity index (χ2v) is 4.69. The van der Waals surface area contributed by atoms with Crippen molar-refractivity contribution in [3.63, 3.8) is 0 Å². The van der Waals surface area contributed by atoms with E-state index in [9.17, 15) is 18.0 Å². The Kier molecular flexibility index (Phi) is 3.72. The Morgan fingerprint density at radius 1 is 1.47 bits per heavy atom. The van der Waals surface area contributed by atoms with Crippen molar-refractivity contribution in [3.8, 4) is 0 Å². The number of nitrogens with one attached hydrogen (secondary N) is 1. The highest BCUT2D eigenvalue weighted by Gasteiger charge is 2.38. The summed E-state index contributed by atoms with van der Waals surface area (Å²) in [5.41, 5.74) is 2.56. The van der Waals surface area contributed by atoms with Crippen molar-refractivity contribution < 1.29 is 23.1 Å². The van der Waals surface area contributed by atoms with Gasteiger partial charge in [0.1, 0.15) is 0 Å². The Morgan fingerprint density at radius 2 is 2.21 bits per heavy atom. The number of nitrogens with zero attached hydrogens (tertiary/aromatic N) is 1. The van der Waals surface area contributed by atoms with Gasteiger partial charge in [0.05, 0.1) is 22.3 Å². The number of rotatable bonds is 3. The highest BCUT2D eigenvalue weighted by Crippen LogP contribution is 2.20. The van der Waals surface area contributed by atoms with E-state index in [0.29, 0.717) is 0 Å². The molecule has 0 aliphatic rings. The van der Waals surface area contributed by atoms with Crippen LogP contribution in [0.5, 0.6) is 0 Å². The zero-order chi connectivity index (χ0) is 14.0. The molecule has 0 fully saturated rings. The zero-order valence-electron chi connectivity index (χ0n) is 9.44. The molecule has 0 saturated carbocycles. The van der Waals surface area contributed by atoms with Gasteiger partial charge >= 0.3 is 6.18 Å². The minimum Gasteiger partial charge on any atom is -0.382 e. The van der Waals surface area contributed by atoms with Gasteiger partial charge in [-0.25, -0.2) is 4.98 Å². The fourth-order valence-corrected chi connectivity index (χ4v) is 2.12. The summed E-state index contributed by atoms with van der Waals surface area (Å²) in [6, 6.07) is 4.63. The molecule has 1 aromatic carbocycles. The van der Waals surface area contributed by atoms with E-state index < -0.39 is 24.7 Å². The average Bonchev–Trinajstić information content (AvgIpc) is 2.81. The smallest absolute Gasteiger partial charge is 0.382 e. The average molecular weight is 290 g/mol. The van der Waals surface area contributed by atoms with E-state index in [0.717, 1.165) is 10.2 Å². The Bertz CT molecular complexity index is 597. The monoisotopic (exact) mass is 290 g/mol. The summed E-state index contributed by atoms with van der Waals surface area (Å²) in [5.74, 6) is -0.668. The zero-order valence-corrected chi connectivity index (χ0v) is 10.3. The van der Waals surface area contributed by atoms with Gasteiger partial charge < -0.3 is 10.4 Å². The number of aromatic nitrogens is 1. The first-order chi connectivity index (χ1) is 8.88. The number of amides is 1. The van der Waals surface area contributed by atoms with Crippen LogP contribution in [0.1, 0.15) is 10.4 Å². The Balaban J connectivity index is 2.03. The quantitative estimate of drug-likeness (QED) is 0.908. The van der Waals surface area contributed by atoms with Crippen molar-refractivity contribution in [2.45, 2.75) is 12.3 Å². The highest BCUT2D eigenvalue weighted by atomic mass is 32.1. The molecule has 2 N–H and O–H groups in total. The second kappa shape index (κ2) is 5.14. The normalized spacial score (nSPS) is 13.5. The fraction of sp³-hybridized carbons (Fsp3) is 0.273. The Hall–Kier alpha value is -1.67. The minimum atomic E-state index is -4.74. The topological polar surface area (TPSA) is 62.2 Å². The summed E-state index contributed by atoms with van der Waals surface area (Å²) < 4.78 is 36.9. The first-order valence-electron chi connectivity index (χ1n) is 5.24. The third-order valence-electron chi connectivity index (χ3n) is 2.43. The van der Waals surface area contributed by atoms with Gasteiger partial charge in [-0.1, -0.05) is 0 Å². The van der Waals surface area contributed by atoms with E-state index in [1.54, 1.807) is 17.6 Å². The molecule has 4 nitrogen and oxygen atoms in total. The molecular weight excluding hydrogens is 281 g/mol. The van der Waals surface area contributed by atoms with Crippen LogP contribution in [0.4, 0.5) is 13.2 Å². The maximum atomic E-state index is 12.1. The van der Waals surface area contributed by atoms with Crippen LogP contribution < -0.4 is 5.32 Å². The molecule has 1 heterocycles. The SMILES string of the molecule is O=C(NCC(O)C(F)(F)F)c1ccc2ncsc2c1. The van der Waals surface area contributed by atoms with E-state index in [4.69, 9.17) is 5.11 Å². The number of aliphatic hydroxyl groups is 1. The second-order valence-electron chi connectivity index (χ2n) is 3.80. The van der Waals surface area contributed by atoms with Crippen LogP contribution in [-0.4, -0.2) is 34.8 Å². The molecule has 0 aliphatic heterocycles. The third kappa shape index (κ3) is 3.21. The van der Waals surface area contributed by atoms with Crippen molar-refractivity contribution in [3.05, 3.63) is 29.3 Å². The third-order valence-corrected chi connectivity index (χ3v) is 3.22. The number of benzene rings is 1. The molecule has 1 atom stereocenters. The Labute approximate surface area is 109 Å². The number of halogens is 3. The van der Waals surface area contributed by atoms with Crippen LogP contribution in [0, 0.1) is 0 Å². The number of fused-ring (bicyclic) bond motifs is 1. The standard InChI is InChI=1S/C11H9F3N2O2S/c12-11(13,14)9(17)4-15-10(18)6-1-2-7-8(3-6)19-5-16-7/h1-3,5,9,17H,4H2,(H,15,18). The lowest BCUT2D eigenvalue weighted by Crippen LogP contribution is -2.40. The number of hydrogen-bond acceptors (Lipinski definition) is 4. The van der Waals surface area contributed by atoms with Crippen molar-refractivity contribution in [1.29, 1.82) is 0 Å². The van der Waals surface area contributed by atoms with Gasteiger partial charge in [0.25, 0.3) is 5.91 Å². The fourth-order valence-electron chi connectivity index (χ4n) is 1.40. The number of thiazole rings is 1. The largest absolute Gasteiger partial charge is 0.416 e. The number of alkyl halides is 3. The summed E-state index contributed by atoms with van der Waals surface area (Å²) in [5, 5.41) is 10.8. The first-order valence-corrected chi connectivity index (χ1v) is 6.12. The molecule has 0 aliphatic carbocycles. The first kappa shape index (κ1) is 13.8. The molecule has 2 aromatic rings. The van der Waals surface area contributed by atoms with Crippen molar-refractivity contribution in [2.75, 3.05) is 6.54 Å². The summed E-state index contributed by atoms with van der Waals surface area (Å²) in [6.07, 6.45) is -7.31. The maximum absolute atomic E-state index is 12.1. The van der Waals surface area contributed by atoms with Gasteiger partial charge in [0.15, 0.2) is 6.10 Å². The molecule has 1 unspecified atom stereocenters.